The minimum Gasteiger partial charge on any atom is -0.318 e. The van der Waals surface area contributed by atoms with Gasteiger partial charge in [0, 0.05) is 28.2 Å². The molecule has 0 unspecified atom stereocenters. The highest BCUT2D eigenvalue weighted by molar-refractivity contribution is 5.95. The lowest BCUT2D eigenvalue weighted by atomic mass is 10.1. The molecule has 27 heavy (non-hydrogen) atoms. The van der Waals surface area contributed by atoms with Gasteiger partial charge in [-0.1, -0.05) is 12.1 Å². The van der Waals surface area contributed by atoms with Crippen LogP contribution in [0, 0.1) is 33.5 Å². The Morgan fingerprint density at radius 3 is 2.41 bits per heavy atom. The second kappa shape index (κ2) is 7.58. The monoisotopic (exact) mass is 363 g/mol. The first-order valence-electron chi connectivity index (χ1n) is 8.72. The molecule has 0 radical (unpaired) electrons. The fraction of sp³-hybridized carbons (Fsp3) is 0.182. The maximum atomic E-state index is 13.2. The van der Waals surface area contributed by atoms with Gasteiger partial charge in [0.15, 0.2) is 0 Å². The van der Waals surface area contributed by atoms with E-state index in [2.05, 4.69) is 47.1 Å². The van der Waals surface area contributed by atoms with Crippen molar-refractivity contribution in [2.45, 2.75) is 27.7 Å². The number of nitrogens with zero attached hydrogens (tertiary/aromatic N) is 2. The number of hydrazone groups is 1. The lowest BCUT2D eigenvalue weighted by molar-refractivity contribution is 0.0954. The van der Waals surface area contributed by atoms with Crippen LogP contribution in [0.4, 0.5) is 4.39 Å². The molecule has 0 atom stereocenters. The van der Waals surface area contributed by atoms with Crippen LogP contribution < -0.4 is 5.43 Å². The van der Waals surface area contributed by atoms with E-state index in [4.69, 9.17) is 0 Å². The summed E-state index contributed by atoms with van der Waals surface area (Å²) in [5.74, 6) is -0.905. The van der Waals surface area contributed by atoms with E-state index in [1.165, 1.54) is 29.3 Å². The van der Waals surface area contributed by atoms with Crippen molar-refractivity contribution in [3.63, 3.8) is 0 Å². The molecule has 3 rings (SSSR count). The average Bonchev–Trinajstić information content (AvgIpc) is 2.87. The van der Waals surface area contributed by atoms with E-state index in [0.717, 1.165) is 22.6 Å². The van der Waals surface area contributed by atoms with Gasteiger partial charge in [-0.15, -0.1) is 0 Å². The molecular weight excluding hydrogens is 341 g/mol. The summed E-state index contributed by atoms with van der Waals surface area (Å²) in [6.07, 6.45) is 1.61. The average molecular weight is 363 g/mol. The number of halogens is 1. The van der Waals surface area contributed by atoms with Gasteiger partial charge in [0.25, 0.3) is 5.91 Å². The molecule has 3 aromatic rings. The third-order valence-electron chi connectivity index (χ3n) is 4.39. The molecule has 4 nitrogen and oxygen atoms in total. The molecule has 0 aliphatic heterocycles. The minimum absolute atomic E-state index is 0.229. The zero-order chi connectivity index (χ0) is 19.6. The summed E-state index contributed by atoms with van der Waals surface area (Å²) in [5.41, 5.74) is 9.20. The number of rotatable bonds is 4. The Balaban J connectivity index is 1.82. The van der Waals surface area contributed by atoms with Gasteiger partial charge in [-0.2, -0.15) is 5.10 Å². The van der Waals surface area contributed by atoms with E-state index in [0.29, 0.717) is 0 Å². The Hall–Kier alpha value is -3.21. The highest BCUT2D eigenvalue weighted by atomic mass is 19.1. The number of carbonyl (C=O) groups excluding carboxylic acids is 1. The van der Waals surface area contributed by atoms with Gasteiger partial charge >= 0.3 is 0 Å². The van der Waals surface area contributed by atoms with E-state index in [-0.39, 0.29) is 5.56 Å². The predicted octanol–water partition coefficient (Wildman–Crippen LogP) is 4.61. The molecule has 1 heterocycles. The Morgan fingerprint density at radius 2 is 1.74 bits per heavy atom. The second-order valence-electron chi connectivity index (χ2n) is 6.72. The third kappa shape index (κ3) is 4.14. The fourth-order valence-corrected chi connectivity index (χ4v) is 3.25. The molecular formula is C22H22FN3O. The quantitative estimate of drug-likeness (QED) is 0.534. The Morgan fingerprint density at radius 1 is 1.04 bits per heavy atom. The molecule has 0 aliphatic rings. The minimum atomic E-state index is -0.455. The van der Waals surface area contributed by atoms with Gasteiger partial charge in [-0.05, 0) is 75.2 Å². The summed E-state index contributed by atoms with van der Waals surface area (Å²) in [7, 11) is 0. The Kier molecular flexibility index (Phi) is 5.21. The second-order valence-corrected chi connectivity index (χ2v) is 6.72. The van der Waals surface area contributed by atoms with Crippen molar-refractivity contribution < 1.29 is 9.18 Å². The Labute approximate surface area is 158 Å². The molecule has 0 saturated heterocycles. The topological polar surface area (TPSA) is 46.4 Å². The standard InChI is InChI=1S/C22H22FN3O/c1-14-8-15(2)10-21(9-14)26-16(3)11-19(17(26)4)13-24-25-22(27)18-6-5-7-20(23)12-18/h5-13H,1-4H3,(H,25,27)/b24-13-. The van der Waals surface area contributed by atoms with E-state index < -0.39 is 11.7 Å². The highest BCUT2D eigenvalue weighted by Gasteiger charge is 2.10. The van der Waals surface area contributed by atoms with Gasteiger partial charge in [0.2, 0.25) is 0 Å². The maximum Gasteiger partial charge on any atom is 0.271 e. The molecule has 1 aromatic heterocycles. The van der Waals surface area contributed by atoms with Crippen LogP contribution in [-0.2, 0) is 0 Å². The van der Waals surface area contributed by atoms with Crippen molar-refractivity contribution in [1.82, 2.24) is 9.99 Å². The number of hydrogen-bond donors (Lipinski definition) is 1. The van der Waals surface area contributed by atoms with Crippen molar-refractivity contribution >= 4 is 12.1 Å². The van der Waals surface area contributed by atoms with Crippen LogP contribution in [0.25, 0.3) is 5.69 Å². The summed E-state index contributed by atoms with van der Waals surface area (Å²) in [6.45, 7) is 8.21. The number of hydrogen-bond acceptors (Lipinski definition) is 2. The number of amides is 1. The van der Waals surface area contributed by atoms with Crippen molar-refractivity contribution in [1.29, 1.82) is 0 Å². The van der Waals surface area contributed by atoms with Gasteiger partial charge < -0.3 is 4.57 Å². The fourth-order valence-electron chi connectivity index (χ4n) is 3.25. The lowest BCUT2D eigenvalue weighted by Crippen LogP contribution is -2.17. The Bertz CT molecular complexity index is 1010. The SMILES string of the molecule is Cc1cc(C)cc(-n2c(C)cc(/C=N\NC(=O)c3cccc(F)c3)c2C)c1. The molecule has 1 amide bonds. The van der Waals surface area contributed by atoms with Crippen molar-refractivity contribution in [2.75, 3.05) is 0 Å². The molecule has 5 heteroatoms. The van der Waals surface area contributed by atoms with Crippen LogP contribution in [0.2, 0.25) is 0 Å². The van der Waals surface area contributed by atoms with E-state index >= 15 is 0 Å². The maximum absolute atomic E-state index is 13.2. The van der Waals surface area contributed by atoms with E-state index in [1.54, 1.807) is 12.3 Å². The van der Waals surface area contributed by atoms with Crippen LogP contribution in [0.5, 0.6) is 0 Å². The molecule has 0 aliphatic carbocycles. The first kappa shape index (κ1) is 18.6. The van der Waals surface area contributed by atoms with Gasteiger partial charge in [0.1, 0.15) is 5.82 Å². The molecule has 2 aromatic carbocycles. The number of aryl methyl sites for hydroxylation is 3. The molecule has 0 saturated carbocycles. The third-order valence-corrected chi connectivity index (χ3v) is 4.39. The predicted molar refractivity (Wildman–Crippen MR) is 106 cm³/mol. The molecule has 138 valence electrons. The lowest BCUT2D eigenvalue weighted by Gasteiger charge is -2.11. The largest absolute Gasteiger partial charge is 0.318 e. The summed E-state index contributed by atoms with van der Waals surface area (Å²) < 4.78 is 15.4. The summed E-state index contributed by atoms with van der Waals surface area (Å²) in [6, 6.07) is 13.9. The van der Waals surface area contributed by atoms with Crippen LogP contribution >= 0.6 is 0 Å². The first-order chi connectivity index (χ1) is 12.8. The molecule has 0 fully saturated rings. The summed E-state index contributed by atoms with van der Waals surface area (Å²) in [5, 5.41) is 4.03. The van der Waals surface area contributed by atoms with Crippen molar-refractivity contribution in [3.05, 3.63) is 88.0 Å². The van der Waals surface area contributed by atoms with Gasteiger partial charge in [0.05, 0.1) is 6.21 Å². The van der Waals surface area contributed by atoms with Gasteiger partial charge in [-0.25, -0.2) is 9.82 Å². The highest BCUT2D eigenvalue weighted by Crippen LogP contribution is 2.21. The van der Waals surface area contributed by atoms with E-state index in [1.807, 2.05) is 19.9 Å². The molecule has 0 spiro atoms. The smallest absolute Gasteiger partial charge is 0.271 e. The van der Waals surface area contributed by atoms with Crippen LogP contribution in [0.3, 0.4) is 0 Å². The van der Waals surface area contributed by atoms with E-state index in [9.17, 15) is 9.18 Å². The number of nitrogens with one attached hydrogen (secondary N) is 1. The van der Waals surface area contributed by atoms with Crippen LogP contribution in [-0.4, -0.2) is 16.7 Å². The van der Waals surface area contributed by atoms with Crippen molar-refractivity contribution in [2.24, 2.45) is 5.10 Å². The van der Waals surface area contributed by atoms with Gasteiger partial charge in [-0.3, -0.25) is 4.79 Å². The normalized spacial score (nSPS) is 11.1. The zero-order valence-corrected chi connectivity index (χ0v) is 15.9. The van der Waals surface area contributed by atoms with Crippen LogP contribution in [0.15, 0.2) is 53.6 Å². The molecule has 0 bridgehead atoms. The zero-order valence-electron chi connectivity index (χ0n) is 15.9. The summed E-state index contributed by atoms with van der Waals surface area (Å²) >= 11 is 0. The van der Waals surface area contributed by atoms with Crippen molar-refractivity contribution in [3.8, 4) is 5.69 Å². The van der Waals surface area contributed by atoms with Crippen LogP contribution in [0.1, 0.15) is 38.4 Å². The number of benzene rings is 2. The number of carbonyl (C=O) groups is 1. The first-order valence-corrected chi connectivity index (χ1v) is 8.72. The summed E-state index contributed by atoms with van der Waals surface area (Å²) in [4.78, 5) is 12.0. The molecule has 1 N–H and O–H groups in total. The number of aromatic nitrogens is 1.